The van der Waals surface area contributed by atoms with Crippen LogP contribution in [0.4, 0.5) is 30.2 Å². The third-order valence-electron chi connectivity index (χ3n) is 2.66. The van der Waals surface area contributed by atoms with Gasteiger partial charge in [0.15, 0.2) is 0 Å². The second kappa shape index (κ2) is 5.32. The van der Waals surface area contributed by atoms with E-state index in [9.17, 15) is 13.2 Å². The van der Waals surface area contributed by atoms with Gasteiger partial charge in [0.05, 0.1) is 11.4 Å². The molecule has 0 heterocycles. The summed E-state index contributed by atoms with van der Waals surface area (Å²) in [6, 6.07) is 10.9. The number of rotatable bonds is 3. The number of hydrogen-bond acceptors (Lipinski definition) is 3. The molecule has 0 fully saturated rings. The van der Waals surface area contributed by atoms with Gasteiger partial charge in [0.1, 0.15) is 5.75 Å². The highest BCUT2D eigenvalue weighted by Crippen LogP contribution is 2.29. The zero-order valence-electron chi connectivity index (χ0n) is 10.7. The normalized spacial score (nSPS) is 11.2. The van der Waals surface area contributed by atoms with Crippen molar-refractivity contribution in [3.63, 3.8) is 0 Å². The van der Waals surface area contributed by atoms with Gasteiger partial charge >= 0.3 is 6.36 Å². The molecular formula is C14H13F3N2O. The lowest BCUT2D eigenvalue weighted by atomic mass is 10.1. The molecule has 106 valence electrons. The summed E-state index contributed by atoms with van der Waals surface area (Å²) in [6.07, 6.45) is -4.69. The predicted octanol–water partition coefficient (Wildman–Crippen LogP) is 4.22. The van der Waals surface area contributed by atoms with E-state index >= 15 is 0 Å². The van der Waals surface area contributed by atoms with Gasteiger partial charge in [0.2, 0.25) is 0 Å². The second-order valence-corrected chi connectivity index (χ2v) is 4.24. The largest absolute Gasteiger partial charge is 0.573 e. The van der Waals surface area contributed by atoms with E-state index in [1.54, 1.807) is 6.07 Å². The minimum atomic E-state index is -4.69. The van der Waals surface area contributed by atoms with Crippen molar-refractivity contribution in [2.45, 2.75) is 13.3 Å². The van der Waals surface area contributed by atoms with Crippen molar-refractivity contribution < 1.29 is 17.9 Å². The zero-order chi connectivity index (χ0) is 14.8. The summed E-state index contributed by atoms with van der Waals surface area (Å²) in [5, 5.41) is 3.07. The number of halogens is 3. The van der Waals surface area contributed by atoms with Crippen molar-refractivity contribution in [1.82, 2.24) is 0 Å². The van der Waals surface area contributed by atoms with Gasteiger partial charge in [0, 0.05) is 5.69 Å². The molecule has 3 nitrogen and oxygen atoms in total. The number of aryl methyl sites for hydroxylation is 1. The van der Waals surface area contributed by atoms with Gasteiger partial charge in [-0.3, -0.25) is 0 Å². The average Bonchev–Trinajstić information content (AvgIpc) is 2.34. The van der Waals surface area contributed by atoms with E-state index in [4.69, 9.17) is 5.73 Å². The first-order valence-electron chi connectivity index (χ1n) is 5.83. The first kappa shape index (κ1) is 14.0. The fourth-order valence-electron chi connectivity index (χ4n) is 1.75. The third kappa shape index (κ3) is 3.57. The van der Waals surface area contributed by atoms with E-state index in [2.05, 4.69) is 10.1 Å². The number of nitrogen functional groups attached to an aromatic ring is 1. The predicted molar refractivity (Wildman–Crippen MR) is 72.0 cm³/mol. The molecule has 3 N–H and O–H groups in total. The Hall–Kier alpha value is -2.37. The summed E-state index contributed by atoms with van der Waals surface area (Å²) < 4.78 is 39.9. The highest BCUT2D eigenvalue weighted by atomic mass is 19.4. The Morgan fingerprint density at radius 1 is 1.05 bits per heavy atom. The molecule has 0 aliphatic rings. The highest BCUT2D eigenvalue weighted by molar-refractivity contribution is 5.75. The maximum Gasteiger partial charge on any atom is 0.573 e. The van der Waals surface area contributed by atoms with Crippen LogP contribution in [0.15, 0.2) is 42.5 Å². The van der Waals surface area contributed by atoms with E-state index in [0.717, 1.165) is 11.3 Å². The van der Waals surface area contributed by atoms with Crippen molar-refractivity contribution >= 4 is 17.1 Å². The van der Waals surface area contributed by atoms with Gasteiger partial charge in [-0.2, -0.15) is 0 Å². The van der Waals surface area contributed by atoms with E-state index in [-0.39, 0.29) is 5.75 Å². The van der Waals surface area contributed by atoms with Crippen LogP contribution in [-0.2, 0) is 0 Å². The van der Waals surface area contributed by atoms with Crippen LogP contribution in [0.5, 0.6) is 5.75 Å². The Bertz CT molecular complexity index is 574. The van der Waals surface area contributed by atoms with Crippen LogP contribution in [-0.4, -0.2) is 6.36 Å². The van der Waals surface area contributed by atoms with Crippen LogP contribution in [0.2, 0.25) is 0 Å². The number of ether oxygens (including phenoxy) is 1. The SMILES string of the molecule is Cc1cccc(N)c1Nc1ccc(OC(F)(F)F)cc1. The summed E-state index contributed by atoms with van der Waals surface area (Å²) in [4.78, 5) is 0. The monoisotopic (exact) mass is 282 g/mol. The molecule has 6 heteroatoms. The number of nitrogens with one attached hydrogen (secondary N) is 1. The van der Waals surface area contributed by atoms with E-state index in [1.807, 2.05) is 19.1 Å². The number of anilines is 3. The molecule has 0 amide bonds. The number of hydrogen-bond donors (Lipinski definition) is 2. The average molecular weight is 282 g/mol. The Kier molecular flexibility index (Phi) is 3.74. The van der Waals surface area contributed by atoms with Gasteiger partial charge in [-0.1, -0.05) is 12.1 Å². The molecule has 0 saturated carbocycles. The first-order valence-corrected chi connectivity index (χ1v) is 5.83. The summed E-state index contributed by atoms with van der Waals surface area (Å²) in [5.41, 5.74) is 8.72. The number of nitrogens with two attached hydrogens (primary N) is 1. The zero-order valence-corrected chi connectivity index (χ0v) is 10.7. The van der Waals surface area contributed by atoms with Crippen molar-refractivity contribution in [3.05, 3.63) is 48.0 Å². The van der Waals surface area contributed by atoms with Crippen molar-refractivity contribution in [1.29, 1.82) is 0 Å². The summed E-state index contributed by atoms with van der Waals surface area (Å²) >= 11 is 0. The summed E-state index contributed by atoms with van der Waals surface area (Å²) in [6.45, 7) is 1.89. The van der Waals surface area contributed by atoms with Crippen LogP contribution in [0.1, 0.15) is 5.56 Å². The van der Waals surface area contributed by atoms with E-state index in [1.165, 1.54) is 24.3 Å². The van der Waals surface area contributed by atoms with E-state index in [0.29, 0.717) is 11.4 Å². The number of para-hydroxylation sites is 1. The lowest BCUT2D eigenvalue weighted by Gasteiger charge is -2.13. The van der Waals surface area contributed by atoms with Crippen molar-refractivity contribution in [2.24, 2.45) is 0 Å². The molecule has 0 atom stereocenters. The molecule has 0 radical (unpaired) electrons. The van der Waals surface area contributed by atoms with Crippen LogP contribution >= 0.6 is 0 Å². The lowest BCUT2D eigenvalue weighted by Crippen LogP contribution is -2.16. The number of benzene rings is 2. The molecule has 20 heavy (non-hydrogen) atoms. The molecule has 2 rings (SSSR count). The molecule has 0 bridgehead atoms. The molecule has 0 spiro atoms. The van der Waals surface area contributed by atoms with Crippen LogP contribution in [0.3, 0.4) is 0 Å². The standard InChI is InChI=1S/C14H13F3N2O/c1-9-3-2-4-12(18)13(9)19-10-5-7-11(8-6-10)20-14(15,16)17/h2-8,19H,18H2,1H3. The maximum atomic E-state index is 12.0. The molecule has 0 aliphatic heterocycles. The summed E-state index contributed by atoms with van der Waals surface area (Å²) in [7, 11) is 0. The molecule has 2 aromatic carbocycles. The second-order valence-electron chi connectivity index (χ2n) is 4.24. The fraction of sp³-hybridized carbons (Fsp3) is 0.143. The minimum Gasteiger partial charge on any atom is -0.406 e. The smallest absolute Gasteiger partial charge is 0.406 e. The van der Waals surface area contributed by atoms with E-state index < -0.39 is 6.36 Å². The first-order chi connectivity index (χ1) is 9.35. The Labute approximate surface area is 114 Å². The minimum absolute atomic E-state index is 0.263. The fourth-order valence-corrected chi connectivity index (χ4v) is 1.75. The summed E-state index contributed by atoms with van der Waals surface area (Å²) in [5.74, 6) is -0.263. The van der Waals surface area contributed by atoms with Gasteiger partial charge in [-0.25, -0.2) is 0 Å². The third-order valence-corrected chi connectivity index (χ3v) is 2.66. The highest BCUT2D eigenvalue weighted by Gasteiger charge is 2.30. The van der Waals surface area contributed by atoms with Crippen molar-refractivity contribution in [3.8, 4) is 5.75 Å². The Morgan fingerprint density at radius 3 is 2.25 bits per heavy atom. The van der Waals surface area contributed by atoms with Crippen LogP contribution in [0.25, 0.3) is 0 Å². The molecular weight excluding hydrogens is 269 g/mol. The van der Waals surface area contributed by atoms with Crippen LogP contribution < -0.4 is 15.8 Å². The number of alkyl halides is 3. The van der Waals surface area contributed by atoms with Gasteiger partial charge in [0.25, 0.3) is 0 Å². The van der Waals surface area contributed by atoms with Gasteiger partial charge in [-0.15, -0.1) is 13.2 Å². The van der Waals surface area contributed by atoms with Crippen molar-refractivity contribution in [2.75, 3.05) is 11.1 Å². The molecule has 0 aliphatic carbocycles. The molecule has 0 saturated heterocycles. The van der Waals surface area contributed by atoms with Gasteiger partial charge in [-0.05, 0) is 42.8 Å². The Balaban J connectivity index is 2.15. The topological polar surface area (TPSA) is 47.3 Å². The van der Waals surface area contributed by atoms with Crippen LogP contribution in [0, 0.1) is 6.92 Å². The molecule has 0 aromatic heterocycles. The molecule has 2 aromatic rings. The maximum absolute atomic E-state index is 12.0. The molecule has 0 unspecified atom stereocenters. The Morgan fingerprint density at radius 2 is 1.70 bits per heavy atom. The quantitative estimate of drug-likeness (QED) is 0.829. The lowest BCUT2D eigenvalue weighted by molar-refractivity contribution is -0.274. The van der Waals surface area contributed by atoms with Gasteiger partial charge < -0.3 is 15.8 Å².